The first kappa shape index (κ1) is 15.4. The highest BCUT2D eigenvalue weighted by molar-refractivity contribution is 4.93. The Morgan fingerprint density at radius 1 is 1.40 bits per heavy atom. The van der Waals surface area contributed by atoms with Crippen LogP contribution in [0.4, 0.5) is 0 Å². The third kappa shape index (κ3) is 3.58. The van der Waals surface area contributed by atoms with Crippen LogP contribution in [0.25, 0.3) is 0 Å². The zero-order chi connectivity index (χ0) is 14.7. The fourth-order valence-electron chi connectivity index (χ4n) is 2.95. The van der Waals surface area contributed by atoms with E-state index in [1.54, 1.807) is 0 Å². The standard InChI is InChI=1S/C15H28N4O/c1-6-11(4)13-8-19(14(7-16-13)10(2)3)9-15-17-12(5)20-18-15/h10-11,13-14,16H,6-9H2,1-5H3. The van der Waals surface area contributed by atoms with Crippen LogP contribution in [0.1, 0.15) is 45.8 Å². The zero-order valence-electron chi connectivity index (χ0n) is 13.4. The largest absolute Gasteiger partial charge is 0.340 e. The summed E-state index contributed by atoms with van der Waals surface area (Å²) in [4.78, 5) is 6.86. The van der Waals surface area contributed by atoms with Gasteiger partial charge in [-0.2, -0.15) is 4.98 Å². The fraction of sp³-hybridized carbons (Fsp3) is 0.867. The summed E-state index contributed by atoms with van der Waals surface area (Å²) in [5.74, 6) is 2.76. The molecule has 1 aromatic rings. The Labute approximate surface area is 122 Å². The highest BCUT2D eigenvalue weighted by atomic mass is 16.5. The molecule has 0 amide bonds. The van der Waals surface area contributed by atoms with Gasteiger partial charge in [0.15, 0.2) is 5.82 Å². The van der Waals surface area contributed by atoms with Gasteiger partial charge in [0.2, 0.25) is 5.89 Å². The van der Waals surface area contributed by atoms with E-state index < -0.39 is 0 Å². The molecule has 0 aliphatic carbocycles. The lowest BCUT2D eigenvalue weighted by atomic mass is 9.92. The topological polar surface area (TPSA) is 54.2 Å². The number of aromatic nitrogens is 2. The molecule has 1 N–H and O–H groups in total. The van der Waals surface area contributed by atoms with Gasteiger partial charge in [-0.1, -0.05) is 39.3 Å². The maximum absolute atomic E-state index is 5.09. The fourth-order valence-corrected chi connectivity index (χ4v) is 2.95. The van der Waals surface area contributed by atoms with Crippen molar-refractivity contribution in [2.24, 2.45) is 11.8 Å². The monoisotopic (exact) mass is 280 g/mol. The van der Waals surface area contributed by atoms with E-state index >= 15 is 0 Å². The van der Waals surface area contributed by atoms with Gasteiger partial charge in [0, 0.05) is 32.1 Å². The maximum Gasteiger partial charge on any atom is 0.223 e. The van der Waals surface area contributed by atoms with Gasteiger partial charge in [-0.25, -0.2) is 0 Å². The van der Waals surface area contributed by atoms with E-state index in [9.17, 15) is 0 Å². The SMILES string of the molecule is CCC(C)C1CN(Cc2noc(C)n2)C(C(C)C)CN1. The molecular formula is C15H28N4O. The van der Waals surface area contributed by atoms with Gasteiger partial charge in [-0.15, -0.1) is 0 Å². The average Bonchev–Trinajstić information content (AvgIpc) is 2.82. The Morgan fingerprint density at radius 3 is 2.70 bits per heavy atom. The minimum Gasteiger partial charge on any atom is -0.340 e. The Balaban J connectivity index is 2.06. The van der Waals surface area contributed by atoms with Crippen molar-refractivity contribution < 1.29 is 4.52 Å². The van der Waals surface area contributed by atoms with E-state index in [0.717, 1.165) is 25.5 Å². The minimum atomic E-state index is 0.536. The molecule has 1 aromatic heterocycles. The second kappa shape index (κ2) is 6.68. The first-order valence-corrected chi connectivity index (χ1v) is 7.77. The number of hydrogen-bond donors (Lipinski definition) is 1. The van der Waals surface area contributed by atoms with Crippen molar-refractivity contribution >= 4 is 0 Å². The van der Waals surface area contributed by atoms with Crippen molar-refractivity contribution in [3.05, 3.63) is 11.7 Å². The summed E-state index contributed by atoms with van der Waals surface area (Å²) in [5, 5.41) is 7.76. The summed E-state index contributed by atoms with van der Waals surface area (Å²) < 4.78 is 5.09. The van der Waals surface area contributed by atoms with Gasteiger partial charge in [0.25, 0.3) is 0 Å². The smallest absolute Gasteiger partial charge is 0.223 e. The first-order chi connectivity index (χ1) is 9.51. The molecule has 5 heteroatoms. The lowest BCUT2D eigenvalue weighted by molar-refractivity contribution is 0.0723. The molecule has 1 saturated heterocycles. The number of rotatable bonds is 5. The van der Waals surface area contributed by atoms with E-state index in [1.807, 2.05) is 6.92 Å². The second-order valence-electron chi connectivity index (χ2n) is 6.37. The van der Waals surface area contributed by atoms with Gasteiger partial charge in [-0.05, 0) is 11.8 Å². The molecule has 2 rings (SSSR count). The summed E-state index contributed by atoms with van der Waals surface area (Å²) in [6.07, 6.45) is 1.21. The van der Waals surface area contributed by atoms with Gasteiger partial charge in [0.1, 0.15) is 0 Å². The summed E-state index contributed by atoms with van der Waals surface area (Å²) in [6.45, 7) is 13.9. The van der Waals surface area contributed by atoms with Crippen LogP contribution in [0.15, 0.2) is 4.52 Å². The van der Waals surface area contributed by atoms with Crippen LogP contribution < -0.4 is 5.32 Å². The van der Waals surface area contributed by atoms with Crippen molar-refractivity contribution in [1.29, 1.82) is 0 Å². The van der Waals surface area contributed by atoms with E-state index in [0.29, 0.717) is 29.8 Å². The van der Waals surface area contributed by atoms with Crippen LogP contribution in [0.3, 0.4) is 0 Å². The quantitative estimate of drug-likeness (QED) is 0.896. The van der Waals surface area contributed by atoms with E-state index in [4.69, 9.17) is 4.52 Å². The number of piperazine rings is 1. The lowest BCUT2D eigenvalue weighted by Gasteiger charge is -2.43. The lowest BCUT2D eigenvalue weighted by Crippen LogP contribution is -2.59. The molecule has 20 heavy (non-hydrogen) atoms. The minimum absolute atomic E-state index is 0.536. The molecule has 0 aromatic carbocycles. The molecule has 2 heterocycles. The summed E-state index contributed by atoms with van der Waals surface area (Å²) >= 11 is 0. The molecule has 1 aliphatic rings. The molecule has 3 atom stereocenters. The van der Waals surface area contributed by atoms with Crippen LogP contribution >= 0.6 is 0 Å². The highest BCUT2D eigenvalue weighted by Gasteiger charge is 2.32. The molecule has 3 unspecified atom stereocenters. The molecule has 114 valence electrons. The molecule has 0 spiro atoms. The highest BCUT2D eigenvalue weighted by Crippen LogP contribution is 2.21. The predicted octanol–water partition coefficient (Wildman–Crippen LogP) is 2.22. The zero-order valence-corrected chi connectivity index (χ0v) is 13.4. The van der Waals surface area contributed by atoms with E-state index in [-0.39, 0.29) is 0 Å². The van der Waals surface area contributed by atoms with Gasteiger partial charge in [-0.3, -0.25) is 4.90 Å². The predicted molar refractivity (Wildman–Crippen MR) is 79.3 cm³/mol. The first-order valence-electron chi connectivity index (χ1n) is 7.77. The Morgan fingerprint density at radius 2 is 2.15 bits per heavy atom. The van der Waals surface area contributed by atoms with Gasteiger partial charge in [0.05, 0.1) is 6.54 Å². The second-order valence-corrected chi connectivity index (χ2v) is 6.37. The van der Waals surface area contributed by atoms with Gasteiger partial charge < -0.3 is 9.84 Å². The normalized spacial score (nSPS) is 26.1. The number of nitrogens with one attached hydrogen (secondary N) is 1. The van der Waals surface area contributed by atoms with Crippen molar-refractivity contribution in [2.45, 2.75) is 59.7 Å². The summed E-state index contributed by atoms with van der Waals surface area (Å²) in [5.41, 5.74) is 0. The number of nitrogens with zero attached hydrogens (tertiary/aromatic N) is 3. The Hall–Kier alpha value is -0.940. The van der Waals surface area contributed by atoms with E-state index in [1.165, 1.54) is 6.42 Å². The van der Waals surface area contributed by atoms with Crippen molar-refractivity contribution in [1.82, 2.24) is 20.4 Å². The summed E-state index contributed by atoms with van der Waals surface area (Å²) in [7, 11) is 0. The molecule has 0 saturated carbocycles. The number of hydrogen-bond acceptors (Lipinski definition) is 5. The molecular weight excluding hydrogens is 252 g/mol. The molecule has 1 aliphatic heterocycles. The molecule has 0 radical (unpaired) electrons. The van der Waals surface area contributed by atoms with Crippen LogP contribution in [0.5, 0.6) is 0 Å². The van der Waals surface area contributed by atoms with Crippen molar-refractivity contribution in [3.63, 3.8) is 0 Å². The molecule has 0 bridgehead atoms. The molecule has 1 fully saturated rings. The van der Waals surface area contributed by atoms with Crippen LogP contribution in [-0.4, -0.2) is 40.2 Å². The van der Waals surface area contributed by atoms with Crippen molar-refractivity contribution in [2.75, 3.05) is 13.1 Å². The van der Waals surface area contributed by atoms with Crippen LogP contribution in [0, 0.1) is 18.8 Å². The van der Waals surface area contributed by atoms with Gasteiger partial charge >= 0.3 is 0 Å². The molecule has 5 nitrogen and oxygen atoms in total. The number of aryl methyl sites for hydroxylation is 1. The Kier molecular flexibility index (Phi) is 5.16. The Bertz CT molecular complexity index is 418. The van der Waals surface area contributed by atoms with E-state index in [2.05, 4.69) is 48.1 Å². The van der Waals surface area contributed by atoms with Crippen LogP contribution in [-0.2, 0) is 6.54 Å². The van der Waals surface area contributed by atoms with Crippen LogP contribution in [0.2, 0.25) is 0 Å². The third-order valence-electron chi connectivity index (χ3n) is 4.50. The third-order valence-corrected chi connectivity index (χ3v) is 4.50. The maximum atomic E-state index is 5.09. The average molecular weight is 280 g/mol. The van der Waals surface area contributed by atoms with Crippen molar-refractivity contribution in [3.8, 4) is 0 Å². The summed E-state index contributed by atoms with van der Waals surface area (Å²) in [6, 6.07) is 1.09.